The summed E-state index contributed by atoms with van der Waals surface area (Å²) in [5.74, 6) is -2.07. The van der Waals surface area contributed by atoms with Crippen molar-refractivity contribution in [2.24, 2.45) is 0 Å². The number of aryl methyl sites for hydroxylation is 1. The summed E-state index contributed by atoms with van der Waals surface area (Å²) in [5, 5.41) is 12.8. The van der Waals surface area contributed by atoms with Gasteiger partial charge in [-0.25, -0.2) is 18.7 Å². The van der Waals surface area contributed by atoms with Crippen LogP contribution in [0, 0.1) is 5.82 Å². The van der Waals surface area contributed by atoms with Crippen molar-refractivity contribution in [2.75, 3.05) is 6.54 Å². The zero-order valence-corrected chi connectivity index (χ0v) is 21.7. The van der Waals surface area contributed by atoms with Gasteiger partial charge in [-0.15, -0.1) is 5.10 Å². The minimum Gasteiger partial charge on any atom is -0.459 e. The molecule has 0 aliphatic heterocycles. The standard InChI is InChI=1S/C29H28FN5O5/c1-2-35-26(17-32-34-35)22-13-23(15-24(30)14-22)27(36)31-16-25(28(37)39-18-20-9-5-3-6-10-20)33-29(38)40-19-21-11-7-4-8-12-21/h3-15,17,25H,2,16,18-19H2,1H3,(H,31,36)(H,33,38)/t25-/m1/s1. The van der Waals surface area contributed by atoms with Crippen molar-refractivity contribution < 1.29 is 28.2 Å². The van der Waals surface area contributed by atoms with Gasteiger partial charge in [0.15, 0.2) is 0 Å². The minimum atomic E-state index is -1.27. The number of benzene rings is 3. The minimum absolute atomic E-state index is 0.0138. The van der Waals surface area contributed by atoms with E-state index in [1.165, 1.54) is 18.3 Å². The lowest BCUT2D eigenvalue weighted by molar-refractivity contribution is -0.147. The highest BCUT2D eigenvalue weighted by atomic mass is 19.1. The smallest absolute Gasteiger partial charge is 0.408 e. The van der Waals surface area contributed by atoms with Crippen molar-refractivity contribution >= 4 is 18.0 Å². The van der Waals surface area contributed by atoms with Gasteiger partial charge in [0.1, 0.15) is 25.1 Å². The quantitative estimate of drug-likeness (QED) is 0.274. The first-order chi connectivity index (χ1) is 19.4. The molecule has 0 radical (unpaired) electrons. The van der Waals surface area contributed by atoms with Gasteiger partial charge in [0.2, 0.25) is 0 Å². The van der Waals surface area contributed by atoms with E-state index in [-0.39, 0.29) is 25.3 Å². The number of alkyl carbamates (subject to hydrolysis) is 1. The van der Waals surface area contributed by atoms with Gasteiger partial charge < -0.3 is 20.1 Å². The number of amides is 2. The van der Waals surface area contributed by atoms with Crippen LogP contribution in [0.4, 0.5) is 9.18 Å². The Labute approximate surface area is 230 Å². The van der Waals surface area contributed by atoms with Crippen LogP contribution in [-0.4, -0.2) is 45.6 Å². The molecule has 0 aliphatic carbocycles. The largest absolute Gasteiger partial charge is 0.459 e. The van der Waals surface area contributed by atoms with E-state index in [1.54, 1.807) is 53.2 Å². The number of aromatic nitrogens is 3. The van der Waals surface area contributed by atoms with E-state index < -0.39 is 29.8 Å². The van der Waals surface area contributed by atoms with Crippen LogP contribution in [0.15, 0.2) is 85.1 Å². The second-order valence-electron chi connectivity index (χ2n) is 8.73. The molecule has 40 heavy (non-hydrogen) atoms. The molecular formula is C29H28FN5O5. The number of hydrogen-bond acceptors (Lipinski definition) is 7. The molecule has 0 fully saturated rings. The zero-order valence-electron chi connectivity index (χ0n) is 21.7. The second kappa shape index (κ2) is 13.7. The van der Waals surface area contributed by atoms with Crippen LogP contribution in [0.25, 0.3) is 11.3 Å². The van der Waals surface area contributed by atoms with E-state index in [0.29, 0.717) is 17.8 Å². The number of halogens is 1. The molecular weight excluding hydrogens is 517 g/mol. The highest BCUT2D eigenvalue weighted by Crippen LogP contribution is 2.21. The Morgan fingerprint density at radius 2 is 1.57 bits per heavy atom. The van der Waals surface area contributed by atoms with Crippen molar-refractivity contribution in [1.29, 1.82) is 0 Å². The van der Waals surface area contributed by atoms with E-state index >= 15 is 0 Å². The Hall–Kier alpha value is -5.06. The molecule has 3 aromatic carbocycles. The average Bonchev–Trinajstić information content (AvgIpc) is 3.47. The molecule has 0 spiro atoms. The highest BCUT2D eigenvalue weighted by Gasteiger charge is 2.25. The van der Waals surface area contributed by atoms with Gasteiger partial charge in [0.25, 0.3) is 5.91 Å². The van der Waals surface area contributed by atoms with E-state index in [0.717, 1.165) is 17.2 Å². The Kier molecular flexibility index (Phi) is 9.54. The van der Waals surface area contributed by atoms with Crippen molar-refractivity contribution in [3.8, 4) is 11.3 Å². The number of carbonyl (C=O) groups excluding carboxylic acids is 3. The topological polar surface area (TPSA) is 124 Å². The predicted octanol–water partition coefficient (Wildman–Crippen LogP) is 3.87. The molecule has 1 heterocycles. The first kappa shape index (κ1) is 28.0. The van der Waals surface area contributed by atoms with Crippen LogP contribution in [0.2, 0.25) is 0 Å². The van der Waals surface area contributed by atoms with Gasteiger partial charge in [0.05, 0.1) is 11.9 Å². The molecule has 0 saturated carbocycles. The maximum atomic E-state index is 14.4. The third kappa shape index (κ3) is 7.73. The first-order valence-corrected chi connectivity index (χ1v) is 12.6. The van der Waals surface area contributed by atoms with E-state index in [1.807, 2.05) is 19.1 Å². The van der Waals surface area contributed by atoms with Gasteiger partial charge >= 0.3 is 12.1 Å². The molecule has 11 heteroatoms. The average molecular weight is 546 g/mol. The highest BCUT2D eigenvalue weighted by molar-refractivity contribution is 5.96. The van der Waals surface area contributed by atoms with Gasteiger partial charge in [-0.2, -0.15) is 0 Å². The molecule has 4 aromatic rings. The van der Waals surface area contributed by atoms with Crippen molar-refractivity contribution in [2.45, 2.75) is 32.7 Å². The number of nitrogens with one attached hydrogen (secondary N) is 2. The van der Waals surface area contributed by atoms with Gasteiger partial charge in [-0.1, -0.05) is 65.9 Å². The van der Waals surface area contributed by atoms with E-state index in [9.17, 15) is 18.8 Å². The summed E-state index contributed by atoms with van der Waals surface area (Å²) in [6.07, 6.45) is 0.608. The van der Waals surface area contributed by atoms with Gasteiger partial charge in [0, 0.05) is 24.2 Å². The normalized spacial score (nSPS) is 11.3. The zero-order chi connectivity index (χ0) is 28.3. The lowest BCUT2D eigenvalue weighted by Gasteiger charge is -2.18. The molecule has 0 aliphatic rings. The lowest BCUT2D eigenvalue weighted by atomic mass is 10.1. The van der Waals surface area contributed by atoms with Crippen molar-refractivity contribution in [3.63, 3.8) is 0 Å². The summed E-state index contributed by atoms with van der Waals surface area (Å²) in [6.45, 7) is 2.00. The fourth-order valence-electron chi connectivity index (χ4n) is 3.81. The summed E-state index contributed by atoms with van der Waals surface area (Å²) in [4.78, 5) is 38.3. The van der Waals surface area contributed by atoms with Crippen LogP contribution in [0.1, 0.15) is 28.4 Å². The number of hydrogen-bond donors (Lipinski definition) is 2. The maximum absolute atomic E-state index is 14.4. The number of carbonyl (C=O) groups is 3. The molecule has 4 rings (SSSR count). The number of ether oxygens (including phenoxy) is 2. The van der Waals surface area contributed by atoms with Crippen LogP contribution < -0.4 is 10.6 Å². The third-order valence-corrected chi connectivity index (χ3v) is 5.85. The van der Waals surface area contributed by atoms with Crippen molar-refractivity contribution in [3.05, 3.63) is 108 Å². The van der Waals surface area contributed by atoms with E-state index in [4.69, 9.17) is 9.47 Å². The predicted molar refractivity (Wildman–Crippen MR) is 143 cm³/mol. The lowest BCUT2D eigenvalue weighted by Crippen LogP contribution is -2.49. The summed E-state index contributed by atoms with van der Waals surface area (Å²) >= 11 is 0. The maximum Gasteiger partial charge on any atom is 0.408 e. The van der Waals surface area contributed by atoms with Crippen LogP contribution in [-0.2, 0) is 34.0 Å². The molecule has 1 aromatic heterocycles. The van der Waals surface area contributed by atoms with Crippen molar-refractivity contribution in [1.82, 2.24) is 25.6 Å². The fourth-order valence-corrected chi connectivity index (χ4v) is 3.81. The number of esters is 1. The SMILES string of the molecule is CCn1nncc1-c1cc(F)cc(C(=O)NC[C@@H](NC(=O)OCc2ccccc2)C(=O)OCc2ccccc2)c1. The molecule has 0 bridgehead atoms. The second-order valence-corrected chi connectivity index (χ2v) is 8.73. The Bertz CT molecular complexity index is 1450. The number of nitrogens with zero attached hydrogens (tertiary/aromatic N) is 3. The molecule has 0 unspecified atom stereocenters. The van der Waals surface area contributed by atoms with Crippen LogP contribution in [0.5, 0.6) is 0 Å². The molecule has 0 saturated heterocycles. The van der Waals surface area contributed by atoms with E-state index in [2.05, 4.69) is 20.9 Å². The first-order valence-electron chi connectivity index (χ1n) is 12.6. The molecule has 2 amide bonds. The molecule has 2 N–H and O–H groups in total. The third-order valence-electron chi connectivity index (χ3n) is 5.85. The summed E-state index contributed by atoms with van der Waals surface area (Å²) in [6, 6.07) is 20.6. The Morgan fingerprint density at radius 1 is 0.925 bits per heavy atom. The van der Waals surface area contributed by atoms with Crippen LogP contribution in [0.3, 0.4) is 0 Å². The molecule has 10 nitrogen and oxygen atoms in total. The van der Waals surface area contributed by atoms with Crippen LogP contribution >= 0.6 is 0 Å². The van der Waals surface area contributed by atoms with Gasteiger partial charge in [-0.05, 0) is 36.2 Å². The monoisotopic (exact) mass is 545 g/mol. The summed E-state index contributed by atoms with van der Waals surface area (Å²) < 4.78 is 26.6. The summed E-state index contributed by atoms with van der Waals surface area (Å²) in [5.41, 5.74) is 2.48. The fraction of sp³-hybridized carbons (Fsp3) is 0.207. The molecule has 1 atom stereocenters. The molecule has 206 valence electrons. The summed E-state index contributed by atoms with van der Waals surface area (Å²) in [7, 11) is 0. The Morgan fingerprint density at radius 3 is 2.23 bits per heavy atom. The Balaban J connectivity index is 1.43. The van der Waals surface area contributed by atoms with Gasteiger partial charge in [-0.3, -0.25) is 4.79 Å². The number of rotatable bonds is 11.